The van der Waals surface area contributed by atoms with Gasteiger partial charge in [0.05, 0.1) is 11.5 Å². The lowest BCUT2D eigenvalue weighted by molar-refractivity contribution is -0.149. The second-order valence-electron chi connectivity index (χ2n) is 8.25. The molecule has 2 atom stereocenters. The molecule has 144 valence electrons. The second kappa shape index (κ2) is 7.51. The van der Waals surface area contributed by atoms with Crippen molar-refractivity contribution in [3.63, 3.8) is 0 Å². The van der Waals surface area contributed by atoms with Gasteiger partial charge in [0.25, 0.3) is 0 Å². The Morgan fingerprint density at radius 3 is 2.46 bits per heavy atom. The SMILES string of the molecule is CC(C)Sc1ccccc1[C@H]1N(C(=O)OC(C)(C)C)CC[C@@]1(C)C(=O)O. The largest absolute Gasteiger partial charge is 0.481 e. The van der Waals surface area contributed by atoms with Crippen LogP contribution in [0.1, 0.15) is 59.6 Å². The van der Waals surface area contributed by atoms with Crippen LogP contribution in [-0.2, 0) is 9.53 Å². The highest BCUT2D eigenvalue weighted by atomic mass is 32.2. The van der Waals surface area contributed by atoms with Gasteiger partial charge in [-0.05, 0) is 45.7 Å². The maximum Gasteiger partial charge on any atom is 0.410 e. The molecule has 0 radical (unpaired) electrons. The predicted octanol–water partition coefficient (Wildman–Crippen LogP) is 4.96. The highest BCUT2D eigenvalue weighted by Crippen LogP contribution is 2.50. The van der Waals surface area contributed by atoms with Crippen molar-refractivity contribution in [1.82, 2.24) is 4.90 Å². The quantitative estimate of drug-likeness (QED) is 0.749. The molecule has 1 N–H and O–H groups in total. The third kappa shape index (κ3) is 4.34. The zero-order valence-corrected chi connectivity index (χ0v) is 17.2. The lowest BCUT2D eigenvalue weighted by Gasteiger charge is -2.35. The normalized spacial score (nSPS) is 23.3. The number of benzene rings is 1. The first kappa shape index (κ1) is 20.6. The van der Waals surface area contributed by atoms with Gasteiger partial charge in [-0.25, -0.2) is 4.79 Å². The number of carboxylic acids is 1. The first-order valence-corrected chi connectivity index (χ1v) is 9.82. The molecule has 0 aliphatic carbocycles. The molecule has 5 nitrogen and oxygen atoms in total. The summed E-state index contributed by atoms with van der Waals surface area (Å²) in [6, 6.07) is 7.21. The molecule has 0 unspecified atom stereocenters. The molecular formula is C20H29NO4S. The molecule has 1 aliphatic heterocycles. The molecule has 1 saturated heterocycles. The number of ether oxygens (including phenoxy) is 1. The Kier molecular flexibility index (Phi) is 5.95. The Bertz CT molecular complexity index is 683. The first-order valence-electron chi connectivity index (χ1n) is 8.94. The number of carboxylic acid groups (broad SMARTS) is 1. The van der Waals surface area contributed by atoms with Gasteiger partial charge in [0, 0.05) is 16.7 Å². The number of rotatable bonds is 4. The minimum Gasteiger partial charge on any atom is -0.481 e. The molecule has 0 spiro atoms. The number of nitrogens with zero attached hydrogens (tertiary/aromatic N) is 1. The van der Waals surface area contributed by atoms with E-state index < -0.39 is 29.1 Å². The van der Waals surface area contributed by atoms with Crippen molar-refractivity contribution in [2.75, 3.05) is 6.54 Å². The average Bonchev–Trinajstić information content (AvgIpc) is 2.85. The molecule has 2 rings (SSSR count). The van der Waals surface area contributed by atoms with E-state index in [2.05, 4.69) is 13.8 Å². The van der Waals surface area contributed by atoms with E-state index in [1.165, 1.54) is 0 Å². The molecule has 1 fully saturated rings. The summed E-state index contributed by atoms with van der Waals surface area (Å²) < 4.78 is 5.55. The fraction of sp³-hybridized carbons (Fsp3) is 0.600. The Morgan fingerprint density at radius 1 is 1.31 bits per heavy atom. The zero-order valence-electron chi connectivity index (χ0n) is 16.4. The van der Waals surface area contributed by atoms with Crippen LogP contribution < -0.4 is 0 Å². The van der Waals surface area contributed by atoms with Crippen molar-refractivity contribution < 1.29 is 19.4 Å². The summed E-state index contributed by atoms with van der Waals surface area (Å²) in [6.07, 6.45) is -0.0655. The van der Waals surface area contributed by atoms with E-state index in [-0.39, 0.29) is 0 Å². The van der Waals surface area contributed by atoms with Gasteiger partial charge in [-0.1, -0.05) is 32.0 Å². The summed E-state index contributed by atoms with van der Waals surface area (Å²) in [7, 11) is 0. The fourth-order valence-electron chi connectivity index (χ4n) is 3.28. The Hall–Kier alpha value is -1.69. The van der Waals surface area contributed by atoms with Crippen LogP contribution >= 0.6 is 11.8 Å². The lowest BCUT2D eigenvalue weighted by atomic mass is 9.79. The summed E-state index contributed by atoms with van der Waals surface area (Å²) in [5.41, 5.74) is -0.805. The number of amides is 1. The smallest absolute Gasteiger partial charge is 0.410 e. The summed E-state index contributed by atoms with van der Waals surface area (Å²) in [4.78, 5) is 27.5. The molecule has 1 aromatic carbocycles. The van der Waals surface area contributed by atoms with Gasteiger partial charge in [0.2, 0.25) is 0 Å². The number of thioether (sulfide) groups is 1. The topological polar surface area (TPSA) is 66.8 Å². The van der Waals surface area contributed by atoms with Gasteiger partial charge < -0.3 is 9.84 Å². The zero-order chi connectivity index (χ0) is 19.7. The van der Waals surface area contributed by atoms with E-state index in [4.69, 9.17) is 4.74 Å². The third-order valence-electron chi connectivity index (χ3n) is 4.48. The van der Waals surface area contributed by atoms with Gasteiger partial charge in [-0.3, -0.25) is 9.69 Å². The van der Waals surface area contributed by atoms with Crippen LogP contribution in [0.3, 0.4) is 0 Å². The molecule has 0 bridgehead atoms. The van der Waals surface area contributed by atoms with Crippen molar-refractivity contribution in [3.05, 3.63) is 29.8 Å². The number of carbonyl (C=O) groups is 2. The second-order valence-corrected chi connectivity index (χ2v) is 9.87. The van der Waals surface area contributed by atoms with Gasteiger partial charge in [-0.2, -0.15) is 0 Å². The molecule has 1 heterocycles. The molecule has 0 aromatic heterocycles. The average molecular weight is 380 g/mol. The highest BCUT2D eigenvalue weighted by molar-refractivity contribution is 8.00. The van der Waals surface area contributed by atoms with Crippen LogP contribution in [0.15, 0.2) is 29.2 Å². The van der Waals surface area contributed by atoms with Gasteiger partial charge in [0.1, 0.15) is 5.60 Å². The molecule has 26 heavy (non-hydrogen) atoms. The van der Waals surface area contributed by atoms with E-state index >= 15 is 0 Å². The highest BCUT2D eigenvalue weighted by Gasteiger charge is 2.53. The summed E-state index contributed by atoms with van der Waals surface area (Å²) >= 11 is 1.68. The van der Waals surface area contributed by atoms with Crippen LogP contribution in [-0.4, -0.2) is 39.5 Å². The molecule has 6 heteroatoms. The van der Waals surface area contributed by atoms with Crippen molar-refractivity contribution in [2.24, 2.45) is 5.41 Å². The van der Waals surface area contributed by atoms with Crippen LogP contribution in [0.2, 0.25) is 0 Å². The number of hydrogen-bond acceptors (Lipinski definition) is 4. The maximum atomic E-state index is 12.8. The lowest BCUT2D eigenvalue weighted by Crippen LogP contribution is -2.41. The number of hydrogen-bond donors (Lipinski definition) is 1. The van der Waals surface area contributed by atoms with E-state index in [0.29, 0.717) is 18.2 Å². The summed E-state index contributed by atoms with van der Waals surface area (Å²) in [5, 5.41) is 10.3. The maximum absolute atomic E-state index is 12.8. The molecule has 1 amide bonds. The van der Waals surface area contributed by atoms with Crippen molar-refractivity contribution in [1.29, 1.82) is 0 Å². The van der Waals surface area contributed by atoms with Crippen molar-refractivity contribution in [2.45, 2.75) is 69.8 Å². The van der Waals surface area contributed by atoms with Crippen molar-refractivity contribution >= 4 is 23.8 Å². The van der Waals surface area contributed by atoms with Gasteiger partial charge >= 0.3 is 12.1 Å². The van der Waals surface area contributed by atoms with Crippen LogP contribution in [0, 0.1) is 5.41 Å². The Labute approximate surface area is 160 Å². The Balaban J connectivity index is 2.50. The van der Waals surface area contributed by atoms with E-state index in [1.54, 1.807) is 23.6 Å². The van der Waals surface area contributed by atoms with Gasteiger partial charge in [0.15, 0.2) is 0 Å². The first-order chi connectivity index (χ1) is 12.0. The van der Waals surface area contributed by atoms with E-state index in [1.807, 2.05) is 45.0 Å². The van der Waals surface area contributed by atoms with Gasteiger partial charge in [-0.15, -0.1) is 11.8 Å². The molecular weight excluding hydrogens is 350 g/mol. The molecule has 1 aromatic rings. The van der Waals surface area contributed by atoms with Crippen LogP contribution in [0.4, 0.5) is 4.79 Å². The molecule has 1 aliphatic rings. The Morgan fingerprint density at radius 2 is 1.92 bits per heavy atom. The fourth-order valence-corrected chi connectivity index (χ4v) is 4.26. The predicted molar refractivity (Wildman–Crippen MR) is 103 cm³/mol. The minimum atomic E-state index is -1.05. The standard InChI is InChI=1S/C20H29NO4S/c1-13(2)26-15-10-8-7-9-14(15)16-20(6,17(22)23)11-12-21(16)18(24)25-19(3,4)5/h7-10,13,16H,11-12H2,1-6H3,(H,22,23)/t16-,20-/m1/s1. The van der Waals surface area contributed by atoms with E-state index in [9.17, 15) is 14.7 Å². The number of likely N-dealkylation sites (tertiary alicyclic amines) is 1. The van der Waals surface area contributed by atoms with Crippen molar-refractivity contribution in [3.8, 4) is 0 Å². The number of aliphatic carboxylic acids is 1. The minimum absolute atomic E-state index is 0.351. The van der Waals surface area contributed by atoms with E-state index in [0.717, 1.165) is 10.5 Å². The monoisotopic (exact) mass is 379 g/mol. The summed E-state index contributed by atoms with van der Waals surface area (Å²) in [6.45, 7) is 11.7. The van der Waals surface area contributed by atoms with Crippen LogP contribution in [0.5, 0.6) is 0 Å². The third-order valence-corrected chi connectivity index (χ3v) is 5.58. The molecule has 0 saturated carbocycles. The number of carbonyl (C=O) groups excluding carboxylic acids is 1. The van der Waals surface area contributed by atoms with Crippen LogP contribution in [0.25, 0.3) is 0 Å². The summed E-state index contributed by atoms with van der Waals surface area (Å²) in [5.74, 6) is -0.891.